The summed E-state index contributed by atoms with van der Waals surface area (Å²) in [6.45, 7) is 10.1. The van der Waals surface area contributed by atoms with Gasteiger partial charge in [0.05, 0.1) is 17.2 Å². The Bertz CT molecular complexity index is 250. The Balaban J connectivity index is 4.88. The van der Waals surface area contributed by atoms with Crippen LogP contribution in [0.25, 0.3) is 0 Å². The van der Waals surface area contributed by atoms with Crippen LogP contribution in [0.5, 0.6) is 0 Å². The van der Waals surface area contributed by atoms with Crippen molar-refractivity contribution < 1.29 is 4.79 Å². The Morgan fingerprint density at radius 3 is 1.83 bits per heavy atom. The molecule has 4 heteroatoms. The van der Waals surface area contributed by atoms with Crippen LogP contribution < -0.4 is 16.4 Å². The maximum atomic E-state index is 12.6. The van der Waals surface area contributed by atoms with E-state index in [1.807, 2.05) is 41.7 Å². The van der Waals surface area contributed by atoms with E-state index in [4.69, 9.17) is 5.73 Å². The van der Waals surface area contributed by atoms with Gasteiger partial charge in [0.15, 0.2) is 5.78 Å². The molecule has 0 radical (unpaired) electrons. The fraction of sp³-hybridized carbons (Fsp3) is 0.929. The van der Waals surface area contributed by atoms with Crippen LogP contribution in [0.2, 0.25) is 0 Å². The molecule has 0 aliphatic heterocycles. The zero-order valence-corrected chi connectivity index (χ0v) is 12.9. The van der Waals surface area contributed by atoms with E-state index in [9.17, 15) is 4.79 Å². The molecule has 0 aromatic rings. The van der Waals surface area contributed by atoms with Gasteiger partial charge < -0.3 is 11.1 Å². The van der Waals surface area contributed by atoms with E-state index in [0.29, 0.717) is 0 Å². The first kappa shape index (κ1) is 17.6. The fourth-order valence-corrected chi connectivity index (χ4v) is 2.44. The van der Waals surface area contributed by atoms with Crippen LogP contribution in [-0.4, -0.2) is 30.1 Å². The summed E-state index contributed by atoms with van der Waals surface area (Å²) in [5.74, 6) is 0.201. The van der Waals surface area contributed by atoms with Crippen LogP contribution in [0, 0.1) is 0 Å². The lowest BCUT2D eigenvalue weighted by Crippen LogP contribution is -2.63. The molecule has 0 spiro atoms. The molecule has 4 N–H and O–H groups in total. The molecule has 18 heavy (non-hydrogen) atoms. The number of nitrogens with one attached hydrogen (secondary N) is 2. The molecular formula is C14H31N3O. The number of hydrogen-bond acceptors (Lipinski definition) is 4. The number of carbonyl (C=O) groups excluding carboxylic acids is 1. The second kappa shape index (κ2) is 7.22. The molecule has 0 aliphatic carbocycles. The van der Waals surface area contributed by atoms with Gasteiger partial charge in [-0.1, -0.05) is 27.7 Å². The smallest absolute Gasteiger partial charge is 0.169 e. The largest absolute Gasteiger partial charge is 0.313 e. The SMILES string of the molecule is CCC(N)(CC)NC(C)C(=O)C(CC)(CC)NC. The third-order valence-electron chi connectivity index (χ3n) is 4.32. The average molecular weight is 257 g/mol. The minimum Gasteiger partial charge on any atom is -0.313 e. The van der Waals surface area contributed by atoms with Crippen molar-refractivity contribution in [2.45, 2.75) is 77.5 Å². The summed E-state index contributed by atoms with van der Waals surface area (Å²) in [5, 5.41) is 6.48. The van der Waals surface area contributed by atoms with Gasteiger partial charge in [0.1, 0.15) is 0 Å². The molecule has 108 valence electrons. The van der Waals surface area contributed by atoms with Gasteiger partial charge >= 0.3 is 0 Å². The third kappa shape index (κ3) is 3.77. The summed E-state index contributed by atoms with van der Waals surface area (Å²) >= 11 is 0. The van der Waals surface area contributed by atoms with Gasteiger partial charge in [0.2, 0.25) is 0 Å². The Labute approximate surface area is 112 Å². The Hall–Kier alpha value is -0.450. The average Bonchev–Trinajstić information content (AvgIpc) is 2.40. The van der Waals surface area contributed by atoms with Gasteiger partial charge in [0.25, 0.3) is 0 Å². The summed E-state index contributed by atoms with van der Waals surface area (Å²) in [4.78, 5) is 12.6. The molecule has 0 amide bonds. The molecule has 4 nitrogen and oxygen atoms in total. The first-order valence-electron chi connectivity index (χ1n) is 7.14. The van der Waals surface area contributed by atoms with E-state index in [0.717, 1.165) is 25.7 Å². The van der Waals surface area contributed by atoms with E-state index in [1.54, 1.807) is 0 Å². The number of rotatable bonds is 9. The number of hydrogen-bond donors (Lipinski definition) is 3. The molecule has 0 bridgehead atoms. The molecular weight excluding hydrogens is 226 g/mol. The summed E-state index contributed by atoms with van der Waals surface area (Å²) in [6, 6.07) is -0.234. The number of nitrogens with two attached hydrogens (primary N) is 1. The molecule has 0 fully saturated rings. The van der Waals surface area contributed by atoms with Gasteiger partial charge in [-0.05, 0) is 39.7 Å². The molecule has 0 saturated heterocycles. The molecule has 1 atom stereocenters. The Morgan fingerprint density at radius 1 is 1.11 bits per heavy atom. The van der Waals surface area contributed by atoms with E-state index in [1.165, 1.54) is 0 Å². The lowest BCUT2D eigenvalue weighted by atomic mass is 9.84. The van der Waals surface area contributed by atoms with Crippen LogP contribution in [0.4, 0.5) is 0 Å². The van der Waals surface area contributed by atoms with Crippen molar-refractivity contribution in [3.05, 3.63) is 0 Å². The molecule has 0 aromatic carbocycles. The van der Waals surface area contributed by atoms with Crippen LogP contribution in [0.3, 0.4) is 0 Å². The van der Waals surface area contributed by atoms with Gasteiger partial charge in [-0.15, -0.1) is 0 Å². The van der Waals surface area contributed by atoms with Gasteiger partial charge in [0, 0.05) is 0 Å². The lowest BCUT2D eigenvalue weighted by molar-refractivity contribution is -0.128. The van der Waals surface area contributed by atoms with Gasteiger partial charge in [-0.3, -0.25) is 10.1 Å². The molecule has 0 heterocycles. The minimum atomic E-state index is -0.448. The zero-order valence-electron chi connectivity index (χ0n) is 12.9. The van der Waals surface area contributed by atoms with Crippen molar-refractivity contribution in [2.75, 3.05) is 7.05 Å². The summed E-state index contributed by atoms with van der Waals surface area (Å²) < 4.78 is 0. The monoisotopic (exact) mass is 257 g/mol. The topological polar surface area (TPSA) is 67.1 Å². The maximum absolute atomic E-state index is 12.6. The van der Waals surface area contributed by atoms with Crippen LogP contribution >= 0.6 is 0 Å². The number of Topliss-reactive ketones (excluding diaryl/α,β-unsaturated/α-hetero) is 1. The maximum Gasteiger partial charge on any atom is 0.169 e. The van der Waals surface area contributed by atoms with Crippen molar-refractivity contribution >= 4 is 5.78 Å². The van der Waals surface area contributed by atoms with Crippen molar-refractivity contribution in [2.24, 2.45) is 5.73 Å². The second-order valence-electron chi connectivity index (χ2n) is 5.13. The van der Waals surface area contributed by atoms with E-state index < -0.39 is 11.2 Å². The van der Waals surface area contributed by atoms with Crippen molar-refractivity contribution in [1.82, 2.24) is 10.6 Å². The minimum absolute atomic E-state index is 0.201. The summed E-state index contributed by atoms with van der Waals surface area (Å²) in [7, 11) is 1.85. The first-order valence-corrected chi connectivity index (χ1v) is 7.14. The molecule has 0 saturated carbocycles. The number of likely N-dealkylation sites (N-methyl/N-ethyl adjacent to an activating group) is 1. The highest BCUT2D eigenvalue weighted by Gasteiger charge is 2.37. The van der Waals surface area contributed by atoms with Crippen molar-refractivity contribution in [1.29, 1.82) is 0 Å². The van der Waals surface area contributed by atoms with Crippen LogP contribution in [0.15, 0.2) is 0 Å². The van der Waals surface area contributed by atoms with Gasteiger partial charge in [-0.2, -0.15) is 0 Å². The number of ketones is 1. The van der Waals surface area contributed by atoms with Crippen molar-refractivity contribution in [3.63, 3.8) is 0 Å². The first-order chi connectivity index (χ1) is 8.34. The Morgan fingerprint density at radius 2 is 1.56 bits per heavy atom. The van der Waals surface area contributed by atoms with Crippen LogP contribution in [-0.2, 0) is 4.79 Å². The molecule has 0 rings (SSSR count). The highest BCUT2D eigenvalue weighted by Crippen LogP contribution is 2.19. The molecule has 1 unspecified atom stereocenters. The van der Waals surface area contributed by atoms with Crippen LogP contribution in [0.1, 0.15) is 60.3 Å². The quantitative estimate of drug-likeness (QED) is 0.551. The van der Waals surface area contributed by atoms with Crippen molar-refractivity contribution in [3.8, 4) is 0 Å². The molecule has 0 aliphatic rings. The van der Waals surface area contributed by atoms with E-state index in [-0.39, 0.29) is 11.8 Å². The lowest BCUT2D eigenvalue weighted by Gasteiger charge is -2.37. The third-order valence-corrected chi connectivity index (χ3v) is 4.32. The fourth-order valence-electron chi connectivity index (χ4n) is 2.44. The second-order valence-corrected chi connectivity index (χ2v) is 5.13. The predicted molar refractivity (Wildman–Crippen MR) is 77.5 cm³/mol. The summed E-state index contributed by atoms with van der Waals surface area (Å²) in [6.07, 6.45) is 3.21. The normalized spacial score (nSPS) is 14.6. The van der Waals surface area contributed by atoms with E-state index >= 15 is 0 Å². The van der Waals surface area contributed by atoms with Gasteiger partial charge in [-0.25, -0.2) is 0 Å². The highest BCUT2D eigenvalue weighted by atomic mass is 16.1. The van der Waals surface area contributed by atoms with E-state index in [2.05, 4.69) is 10.6 Å². The zero-order chi connectivity index (χ0) is 14.4. The molecule has 0 aromatic heterocycles. The standard InChI is InChI=1S/C14H31N3O/c1-7-13(8-2,16-6)12(18)11(5)17-14(15,9-3)10-4/h11,16-17H,7-10,15H2,1-6H3. The summed E-state index contributed by atoms with van der Waals surface area (Å²) in [5.41, 5.74) is 5.34. The highest BCUT2D eigenvalue weighted by molar-refractivity contribution is 5.92. The predicted octanol–water partition coefficient (Wildman–Crippen LogP) is 1.79. The Kier molecular flexibility index (Phi) is 7.04. The number of carbonyl (C=O) groups is 1.